The predicted molar refractivity (Wildman–Crippen MR) is 144 cm³/mol. The number of rotatable bonds is 5. The number of ether oxygens (including phenoxy) is 1. The molecular formula is C29H34N6O2. The average Bonchev–Trinajstić information content (AvgIpc) is 3.51. The Kier molecular flexibility index (Phi) is 5.69. The van der Waals surface area contributed by atoms with Crippen molar-refractivity contribution in [3.05, 3.63) is 65.6 Å². The van der Waals surface area contributed by atoms with Crippen LogP contribution in [0.4, 0.5) is 0 Å². The molecule has 37 heavy (non-hydrogen) atoms. The van der Waals surface area contributed by atoms with Crippen molar-refractivity contribution < 1.29 is 9.84 Å². The Balaban J connectivity index is 1.70. The Labute approximate surface area is 216 Å². The van der Waals surface area contributed by atoms with Gasteiger partial charge in [0, 0.05) is 39.1 Å². The molecule has 0 spiro atoms. The van der Waals surface area contributed by atoms with Crippen LogP contribution in [0.3, 0.4) is 0 Å². The monoisotopic (exact) mass is 498 g/mol. The molecule has 8 heteroatoms. The number of aliphatic hydroxyl groups is 1. The molecule has 1 N–H and O–H groups in total. The van der Waals surface area contributed by atoms with Crippen molar-refractivity contribution in [1.82, 2.24) is 29.1 Å². The predicted octanol–water partition coefficient (Wildman–Crippen LogP) is 4.88. The Morgan fingerprint density at radius 1 is 1.05 bits per heavy atom. The Morgan fingerprint density at radius 3 is 2.43 bits per heavy atom. The quantitative estimate of drug-likeness (QED) is 0.374. The van der Waals surface area contributed by atoms with E-state index in [4.69, 9.17) is 9.72 Å². The standard InChI is InChI=1S/C29H34N6O2/c1-18-26(34(5)32-31-18)21-15-22-25(30-17-21)28-23(16-24(33(28)4)29(2,3)36)35(22)27(19-9-7-6-8-10-19)20-11-13-37-14-12-20/h6-10,15-17,20,27,36H,11-14H2,1-5H3. The molecular weight excluding hydrogens is 464 g/mol. The smallest absolute Gasteiger partial charge is 0.112 e. The van der Waals surface area contributed by atoms with Gasteiger partial charge in [0.1, 0.15) is 5.52 Å². The van der Waals surface area contributed by atoms with Gasteiger partial charge in [-0.2, -0.15) is 0 Å². The van der Waals surface area contributed by atoms with Crippen molar-refractivity contribution >= 4 is 22.1 Å². The van der Waals surface area contributed by atoms with Gasteiger partial charge in [-0.05, 0) is 57.2 Å². The first-order valence-electron chi connectivity index (χ1n) is 13.0. The summed E-state index contributed by atoms with van der Waals surface area (Å²) in [7, 11) is 3.94. The van der Waals surface area contributed by atoms with Gasteiger partial charge < -0.3 is 19.0 Å². The second-order valence-corrected chi connectivity index (χ2v) is 10.8. The maximum Gasteiger partial charge on any atom is 0.112 e. The highest BCUT2D eigenvalue weighted by molar-refractivity contribution is 6.05. The summed E-state index contributed by atoms with van der Waals surface area (Å²) in [5.74, 6) is 0.407. The van der Waals surface area contributed by atoms with Gasteiger partial charge in [0.15, 0.2) is 0 Å². The fourth-order valence-electron chi connectivity index (χ4n) is 6.19. The number of pyridine rings is 1. The van der Waals surface area contributed by atoms with Crippen LogP contribution in [0, 0.1) is 12.8 Å². The summed E-state index contributed by atoms with van der Waals surface area (Å²) in [6, 6.07) is 15.2. The number of hydrogen-bond acceptors (Lipinski definition) is 5. The van der Waals surface area contributed by atoms with Crippen molar-refractivity contribution in [2.24, 2.45) is 20.0 Å². The normalized spacial score (nSPS) is 16.2. The molecule has 192 valence electrons. The van der Waals surface area contributed by atoms with Crippen LogP contribution >= 0.6 is 0 Å². The molecule has 0 radical (unpaired) electrons. The number of aromatic nitrogens is 6. The zero-order valence-corrected chi connectivity index (χ0v) is 22.1. The Morgan fingerprint density at radius 2 is 1.78 bits per heavy atom. The lowest BCUT2D eigenvalue weighted by atomic mass is 9.86. The first-order valence-corrected chi connectivity index (χ1v) is 13.0. The highest BCUT2D eigenvalue weighted by Gasteiger charge is 2.33. The molecule has 1 aliphatic rings. The van der Waals surface area contributed by atoms with Crippen LogP contribution in [0.15, 0.2) is 48.7 Å². The van der Waals surface area contributed by atoms with Gasteiger partial charge in [0.2, 0.25) is 0 Å². The summed E-state index contributed by atoms with van der Waals surface area (Å²) < 4.78 is 12.1. The SMILES string of the molecule is Cc1nnn(C)c1-c1cnc2c3c(cc(C(C)(C)O)n3C)n(C(c3ccccc3)C3CCOCC3)c2c1. The van der Waals surface area contributed by atoms with Crippen molar-refractivity contribution in [3.63, 3.8) is 0 Å². The highest BCUT2D eigenvalue weighted by Crippen LogP contribution is 2.42. The summed E-state index contributed by atoms with van der Waals surface area (Å²) >= 11 is 0. The third kappa shape index (κ3) is 3.86. The molecule has 0 amide bonds. The van der Waals surface area contributed by atoms with Gasteiger partial charge >= 0.3 is 0 Å². The second kappa shape index (κ2) is 8.82. The lowest BCUT2D eigenvalue weighted by Gasteiger charge is -2.33. The van der Waals surface area contributed by atoms with Crippen LogP contribution in [0.5, 0.6) is 0 Å². The molecule has 8 nitrogen and oxygen atoms in total. The molecule has 1 aliphatic heterocycles. The fraction of sp³-hybridized carbons (Fsp3) is 0.414. The van der Waals surface area contributed by atoms with Crippen LogP contribution in [-0.4, -0.2) is 47.4 Å². The molecule has 1 fully saturated rings. The van der Waals surface area contributed by atoms with Gasteiger partial charge in [-0.3, -0.25) is 4.98 Å². The van der Waals surface area contributed by atoms with Gasteiger partial charge in [-0.15, -0.1) is 5.10 Å². The first kappa shape index (κ1) is 23.9. The topological polar surface area (TPSA) is 82.9 Å². The van der Waals surface area contributed by atoms with E-state index in [-0.39, 0.29) is 6.04 Å². The minimum absolute atomic E-state index is 0.102. The van der Waals surface area contributed by atoms with Gasteiger partial charge in [0.05, 0.1) is 45.3 Å². The number of fused-ring (bicyclic) bond motifs is 3. The van der Waals surface area contributed by atoms with E-state index < -0.39 is 5.60 Å². The third-order valence-electron chi connectivity index (χ3n) is 7.85. The third-order valence-corrected chi connectivity index (χ3v) is 7.85. The van der Waals surface area contributed by atoms with Gasteiger partial charge in [-0.1, -0.05) is 35.5 Å². The van der Waals surface area contributed by atoms with Crippen LogP contribution in [0.25, 0.3) is 33.3 Å². The molecule has 1 unspecified atom stereocenters. The molecule has 4 aromatic heterocycles. The molecule has 1 atom stereocenters. The van der Waals surface area contributed by atoms with Crippen LogP contribution in [0.1, 0.15) is 49.7 Å². The molecule has 1 aromatic carbocycles. The van der Waals surface area contributed by atoms with Crippen LogP contribution < -0.4 is 0 Å². The zero-order valence-electron chi connectivity index (χ0n) is 22.1. The van der Waals surface area contributed by atoms with Crippen molar-refractivity contribution in [2.45, 2.75) is 45.3 Å². The lowest BCUT2D eigenvalue weighted by Crippen LogP contribution is -2.26. The molecule has 0 aliphatic carbocycles. The van der Waals surface area contributed by atoms with Crippen LogP contribution in [0.2, 0.25) is 0 Å². The van der Waals surface area contributed by atoms with Crippen molar-refractivity contribution in [1.29, 1.82) is 0 Å². The van der Waals surface area contributed by atoms with E-state index in [0.717, 1.165) is 70.8 Å². The molecule has 1 saturated heterocycles. The molecule has 5 heterocycles. The summed E-state index contributed by atoms with van der Waals surface area (Å²) in [4.78, 5) is 5.03. The molecule has 6 rings (SSSR count). The number of aryl methyl sites for hydroxylation is 3. The highest BCUT2D eigenvalue weighted by atomic mass is 16.5. The maximum atomic E-state index is 11.0. The summed E-state index contributed by atoms with van der Waals surface area (Å²) in [6.45, 7) is 7.19. The molecule has 5 aromatic rings. The minimum atomic E-state index is -0.983. The van der Waals surface area contributed by atoms with E-state index in [0.29, 0.717) is 5.92 Å². The maximum absolute atomic E-state index is 11.0. The summed E-state index contributed by atoms with van der Waals surface area (Å²) in [5.41, 5.74) is 8.09. The van der Waals surface area contributed by atoms with Crippen molar-refractivity contribution in [2.75, 3.05) is 13.2 Å². The van der Waals surface area contributed by atoms with E-state index in [1.54, 1.807) is 0 Å². The molecule has 0 saturated carbocycles. The summed E-state index contributed by atoms with van der Waals surface area (Å²) in [6.07, 6.45) is 3.90. The zero-order chi connectivity index (χ0) is 25.9. The number of benzene rings is 1. The summed E-state index contributed by atoms with van der Waals surface area (Å²) in [5, 5.41) is 19.5. The second-order valence-electron chi connectivity index (χ2n) is 10.8. The van der Waals surface area contributed by atoms with Gasteiger partial charge in [-0.25, -0.2) is 4.68 Å². The Bertz CT molecular complexity index is 1560. The van der Waals surface area contributed by atoms with E-state index in [1.807, 2.05) is 45.7 Å². The van der Waals surface area contributed by atoms with Gasteiger partial charge in [0.25, 0.3) is 0 Å². The number of nitrogens with zero attached hydrogens (tertiary/aromatic N) is 6. The molecule has 0 bridgehead atoms. The van der Waals surface area contributed by atoms with Crippen LogP contribution in [-0.2, 0) is 24.4 Å². The average molecular weight is 499 g/mol. The fourth-order valence-corrected chi connectivity index (χ4v) is 6.19. The van der Waals surface area contributed by atoms with E-state index in [1.165, 1.54) is 5.56 Å². The van der Waals surface area contributed by atoms with E-state index in [2.05, 4.69) is 61.9 Å². The number of hydrogen-bond donors (Lipinski definition) is 1. The van der Waals surface area contributed by atoms with Crippen molar-refractivity contribution in [3.8, 4) is 11.3 Å². The largest absolute Gasteiger partial charge is 0.384 e. The minimum Gasteiger partial charge on any atom is -0.384 e. The van der Waals surface area contributed by atoms with E-state index >= 15 is 0 Å². The van der Waals surface area contributed by atoms with E-state index in [9.17, 15) is 5.11 Å². The lowest BCUT2D eigenvalue weighted by molar-refractivity contribution is 0.0552. The Hall–Kier alpha value is -3.49. The first-order chi connectivity index (χ1) is 17.8.